The molecule has 0 amide bonds. The van der Waals surface area contributed by atoms with Crippen molar-refractivity contribution in [3.05, 3.63) is 33.0 Å². The van der Waals surface area contributed by atoms with Crippen molar-refractivity contribution < 1.29 is 8.42 Å². The van der Waals surface area contributed by atoms with Gasteiger partial charge >= 0.3 is 0 Å². The Hall–Kier alpha value is -0.400. The number of sulfone groups is 1. The normalized spacial score (nSPS) is 12.9. The van der Waals surface area contributed by atoms with Crippen LogP contribution in [0.25, 0.3) is 10.9 Å². The molecule has 1 heterocycles. The van der Waals surface area contributed by atoms with Gasteiger partial charge in [-0.05, 0) is 61.6 Å². The Kier molecular flexibility index (Phi) is 3.83. The van der Waals surface area contributed by atoms with Crippen molar-refractivity contribution in [1.82, 2.24) is 4.98 Å². The van der Waals surface area contributed by atoms with Crippen LogP contribution in [0.3, 0.4) is 0 Å². The first-order valence-corrected chi connectivity index (χ1v) is 8.57. The monoisotopic (exact) mass is 409 g/mol. The second-order valence-corrected chi connectivity index (χ2v) is 9.46. The number of fused-ring (bicyclic) bond motifs is 1. The Morgan fingerprint density at radius 1 is 1.26 bits per heavy atom. The number of aromatic nitrogens is 1. The third-order valence-corrected chi connectivity index (χ3v) is 6.88. The molecule has 0 spiro atoms. The van der Waals surface area contributed by atoms with Gasteiger partial charge in [0, 0.05) is 11.6 Å². The molecule has 1 aromatic heterocycles. The van der Waals surface area contributed by atoms with E-state index in [1.807, 2.05) is 0 Å². The summed E-state index contributed by atoms with van der Waals surface area (Å²) in [5.74, 6) is 0. The van der Waals surface area contributed by atoms with Crippen LogP contribution in [-0.2, 0) is 9.84 Å². The van der Waals surface area contributed by atoms with Crippen molar-refractivity contribution in [2.24, 2.45) is 0 Å². The van der Waals surface area contributed by atoms with Crippen molar-refractivity contribution in [2.75, 3.05) is 0 Å². The van der Waals surface area contributed by atoms with Gasteiger partial charge < -0.3 is 0 Å². The molecule has 3 nitrogen and oxygen atoms in total. The molecule has 0 fully saturated rings. The first kappa shape index (κ1) is 15.0. The van der Waals surface area contributed by atoms with E-state index in [4.69, 9.17) is 11.6 Å². The third kappa shape index (κ3) is 2.60. The molecule has 0 aliphatic heterocycles. The van der Waals surface area contributed by atoms with Crippen molar-refractivity contribution in [3.63, 3.8) is 0 Å². The highest BCUT2D eigenvalue weighted by molar-refractivity contribution is 14.1. The predicted molar refractivity (Wildman–Crippen MR) is 86.4 cm³/mol. The summed E-state index contributed by atoms with van der Waals surface area (Å²) in [5, 5.41) is 1.20. The van der Waals surface area contributed by atoms with Gasteiger partial charge in [-0.1, -0.05) is 11.6 Å². The lowest BCUT2D eigenvalue weighted by molar-refractivity contribution is 0.560. The molecule has 2 rings (SSSR count). The zero-order chi connectivity index (χ0) is 14.4. The minimum Gasteiger partial charge on any atom is -0.255 e. The van der Waals surface area contributed by atoms with Crippen LogP contribution in [0, 0.1) is 3.57 Å². The SMILES string of the molecule is CC(C)(C)S(=O)(=O)c1ccc2ncc(I)c(Cl)c2c1. The van der Waals surface area contributed by atoms with E-state index in [1.54, 1.807) is 45.2 Å². The van der Waals surface area contributed by atoms with Crippen LogP contribution in [0.15, 0.2) is 29.3 Å². The summed E-state index contributed by atoms with van der Waals surface area (Å²) in [5.41, 5.74) is 0.693. The predicted octanol–water partition coefficient (Wildman–Crippen LogP) is 4.07. The molecule has 1 aromatic carbocycles. The maximum absolute atomic E-state index is 12.4. The lowest BCUT2D eigenvalue weighted by Gasteiger charge is -2.19. The fourth-order valence-electron chi connectivity index (χ4n) is 1.64. The number of halogens is 2. The van der Waals surface area contributed by atoms with Crippen LogP contribution in [0.2, 0.25) is 5.02 Å². The fourth-order valence-corrected chi connectivity index (χ4v) is 3.49. The number of hydrogen-bond donors (Lipinski definition) is 0. The van der Waals surface area contributed by atoms with Crippen LogP contribution in [0.4, 0.5) is 0 Å². The average Bonchev–Trinajstić information content (AvgIpc) is 2.32. The summed E-state index contributed by atoms with van der Waals surface area (Å²) >= 11 is 8.30. The number of hydrogen-bond acceptors (Lipinski definition) is 3. The summed E-state index contributed by atoms with van der Waals surface area (Å²) in [6.07, 6.45) is 1.67. The Morgan fingerprint density at radius 3 is 2.47 bits per heavy atom. The summed E-state index contributed by atoms with van der Waals surface area (Å²) in [7, 11) is -3.39. The third-order valence-electron chi connectivity index (χ3n) is 2.85. The van der Waals surface area contributed by atoms with Crippen LogP contribution < -0.4 is 0 Å². The number of rotatable bonds is 1. The number of nitrogens with zero attached hydrogens (tertiary/aromatic N) is 1. The lowest BCUT2D eigenvalue weighted by Crippen LogP contribution is -2.27. The van der Waals surface area contributed by atoms with E-state index in [-0.39, 0.29) is 4.90 Å². The van der Waals surface area contributed by atoms with Gasteiger partial charge in [0.05, 0.1) is 23.8 Å². The molecule has 0 bridgehead atoms. The molecular formula is C13H13ClINO2S. The van der Waals surface area contributed by atoms with E-state index < -0.39 is 14.6 Å². The molecular weight excluding hydrogens is 397 g/mol. The highest BCUT2D eigenvalue weighted by atomic mass is 127. The Balaban J connectivity index is 2.76. The van der Waals surface area contributed by atoms with Crippen LogP contribution in [0.1, 0.15) is 20.8 Å². The molecule has 0 aliphatic rings. The molecule has 0 radical (unpaired) electrons. The first-order chi connectivity index (χ1) is 8.64. The lowest BCUT2D eigenvalue weighted by atomic mass is 10.2. The van der Waals surface area contributed by atoms with E-state index in [0.29, 0.717) is 15.9 Å². The molecule has 0 aliphatic carbocycles. The molecule has 0 atom stereocenters. The Morgan fingerprint density at radius 2 is 1.89 bits per heavy atom. The second kappa shape index (κ2) is 4.86. The number of benzene rings is 1. The van der Waals surface area contributed by atoms with E-state index in [0.717, 1.165) is 3.57 Å². The summed E-state index contributed by atoms with van der Waals surface area (Å²) in [6.45, 7) is 5.05. The van der Waals surface area contributed by atoms with Crippen LogP contribution >= 0.6 is 34.2 Å². The summed E-state index contributed by atoms with van der Waals surface area (Å²) < 4.78 is 24.8. The fraction of sp³-hybridized carbons (Fsp3) is 0.308. The molecule has 19 heavy (non-hydrogen) atoms. The van der Waals surface area contributed by atoms with Crippen molar-refractivity contribution in [3.8, 4) is 0 Å². The molecule has 6 heteroatoms. The molecule has 0 saturated carbocycles. The minimum atomic E-state index is -3.39. The van der Waals surface area contributed by atoms with Crippen LogP contribution in [-0.4, -0.2) is 18.1 Å². The molecule has 102 valence electrons. The van der Waals surface area contributed by atoms with Gasteiger partial charge in [0.15, 0.2) is 9.84 Å². The van der Waals surface area contributed by atoms with E-state index in [2.05, 4.69) is 27.6 Å². The van der Waals surface area contributed by atoms with Crippen molar-refractivity contribution in [1.29, 1.82) is 0 Å². The van der Waals surface area contributed by atoms with Crippen molar-refractivity contribution >= 4 is 54.9 Å². The van der Waals surface area contributed by atoms with E-state index in [9.17, 15) is 8.42 Å². The number of pyridine rings is 1. The zero-order valence-electron chi connectivity index (χ0n) is 10.7. The van der Waals surface area contributed by atoms with Gasteiger partial charge in [-0.15, -0.1) is 0 Å². The van der Waals surface area contributed by atoms with Gasteiger partial charge in [0.1, 0.15) is 0 Å². The van der Waals surface area contributed by atoms with Gasteiger partial charge in [-0.25, -0.2) is 8.42 Å². The Labute approximate surface area is 131 Å². The van der Waals surface area contributed by atoms with E-state index >= 15 is 0 Å². The van der Waals surface area contributed by atoms with Gasteiger partial charge in [-0.2, -0.15) is 0 Å². The van der Waals surface area contributed by atoms with Gasteiger partial charge in [0.25, 0.3) is 0 Å². The topological polar surface area (TPSA) is 47.0 Å². The van der Waals surface area contributed by atoms with Crippen molar-refractivity contribution in [2.45, 2.75) is 30.4 Å². The highest BCUT2D eigenvalue weighted by Crippen LogP contribution is 2.31. The van der Waals surface area contributed by atoms with Gasteiger partial charge in [-0.3, -0.25) is 4.98 Å². The Bertz CT molecular complexity index is 751. The summed E-state index contributed by atoms with van der Waals surface area (Å²) in [4.78, 5) is 4.52. The molecule has 0 N–H and O–H groups in total. The van der Waals surface area contributed by atoms with Gasteiger partial charge in [0.2, 0.25) is 0 Å². The molecule has 0 saturated heterocycles. The summed E-state index contributed by atoms with van der Waals surface area (Å²) in [6, 6.07) is 4.88. The molecule has 0 unspecified atom stereocenters. The maximum Gasteiger partial charge on any atom is 0.183 e. The smallest absolute Gasteiger partial charge is 0.183 e. The van der Waals surface area contributed by atoms with Crippen LogP contribution in [0.5, 0.6) is 0 Å². The largest absolute Gasteiger partial charge is 0.255 e. The molecule has 2 aromatic rings. The second-order valence-electron chi connectivity index (χ2n) is 5.21. The zero-order valence-corrected chi connectivity index (χ0v) is 14.5. The maximum atomic E-state index is 12.4. The average molecular weight is 410 g/mol. The quantitative estimate of drug-likeness (QED) is 0.667. The highest BCUT2D eigenvalue weighted by Gasteiger charge is 2.31. The minimum absolute atomic E-state index is 0.276. The first-order valence-electron chi connectivity index (χ1n) is 5.63. The van der Waals surface area contributed by atoms with E-state index in [1.165, 1.54) is 0 Å². The standard InChI is InChI=1S/C13H13ClINO2S/c1-13(2,3)19(17,18)8-4-5-11-9(6-8)12(14)10(15)7-16-11/h4-7H,1-3H3.